The van der Waals surface area contributed by atoms with E-state index in [0.717, 1.165) is 0 Å². The number of para-hydroxylation sites is 1. The lowest BCUT2D eigenvalue weighted by molar-refractivity contribution is -0.139. The molecule has 0 aliphatic carbocycles. The molecule has 1 aromatic carbocycles. The largest absolute Gasteiger partial charge is 0.466 e. The van der Waals surface area contributed by atoms with Crippen LogP contribution >= 0.6 is 11.3 Å². The van der Waals surface area contributed by atoms with Crippen LogP contribution in [0.4, 0.5) is 5.69 Å². The van der Waals surface area contributed by atoms with Gasteiger partial charge in [-0.1, -0.05) is 24.3 Å². The molecule has 0 spiro atoms. The van der Waals surface area contributed by atoms with Crippen molar-refractivity contribution in [1.29, 1.82) is 5.26 Å². The predicted molar refractivity (Wildman–Crippen MR) is 104 cm³/mol. The molecule has 1 aliphatic rings. The average molecular weight is 395 g/mol. The molecular formula is C20H17N3O4S. The maximum Gasteiger partial charge on any atom is 0.355 e. The van der Waals surface area contributed by atoms with Crippen molar-refractivity contribution in [2.24, 2.45) is 5.73 Å². The van der Waals surface area contributed by atoms with Crippen molar-refractivity contribution in [3.05, 3.63) is 75.4 Å². The Kier molecular flexibility index (Phi) is 5.47. The zero-order valence-corrected chi connectivity index (χ0v) is 16.0. The van der Waals surface area contributed by atoms with Gasteiger partial charge in [-0.3, -0.25) is 4.90 Å². The normalized spacial score (nSPS) is 16.6. The minimum atomic E-state index is -0.827. The number of nitrogens with two attached hydrogens (primary N) is 1. The lowest BCUT2D eigenvalue weighted by Crippen LogP contribution is -2.40. The van der Waals surface area contributed by atoms with E-state index in [4.69, 9.17) is 15.2 Å². The fourth-order valence-electron chi connectivity index (χ4n) is 3.12. The monoisotopic (exact) mass is 395 g/mol. The molecule has 28 heavy (non-hydrogen) atoms. The summed E-state index contributed by atoms with van der Waals surface area (Å²) in [4.78, 5) is 27.6. The topological polar surface area (TPSA) is 106 Å². The molecule has 0 amide bonds. The molecule has 1 unspecified atom stereocenters. The van der Waals surface area contributed by atoms with Gasteiger partial charge in [-0.05, 0) is 23.6 Å². The van der Waals surface area contributed by atoms with Crippen molar-refractivity contribution in [3.8, 4) is 6.07 Å². The summed E-state index contributed by atoms with van der Waals surface area (Å²) in [5.74, 6) is -2.27. The molecule has 0 radical (unpaired) electrons. The van der Waals surface area contributed by atoms with E-state index in [-0.39, 0.29) is 22.7 Å². The van der Waals surface area contributed by atoms with E-state index >= 15 is 0 Å². The van der Waals surface area contributed by atoms with Gasteiger partial charge in [0.1, 0.15) is 11.5 Å². The molecular weight excluding hydrogens is 378 g/mol. The number of carbonyl (C=O) groups excluding carboxylic acids is 2. The van der Waals surface area contributed by atoms with E-state index < -0.39 is 17.9 Å². The van der Waals surface area contributed by atoms with Gasteiger partial charge < -0.3 is 15.2 Å². The number of nitrogens with zero attached hydrogens (tertiary/aromatic N) is 2. The van der Waals surface area contributed by atoms with Crippen LogP contribution in [0.25, 0.3) is 0 Å². The first kappa shape index (κ1) is 19.2. The van der Waals surface area contributed by atoms with Crippen LogP contribution in [0.3, 0.4) is 0 Å². The molecule has 0 saturated heterocycles. The summed E-state index contributed by atoms with van der Waals surface area (Å²) in [7, 11) is 2.43. The van der Waals surface area contributed by atoms with Crippen molar-refractivity contribution in [2.75, 3.05) is 19.1 Å². The first-order valence-electron chi connectivity index (χ1n) is 8.24. The highest BCUT2D eigenvalue weighted by molar-refractivity contribution is 7.10. The summed E-state index contributed by atoms with van der Waals surface area (Å²) in [5.41, 5.74) is 6.94. The third kappa shape index (κ3) is 3.12. The lowest BCUT2D eigenvalue weighted by atomic mass is 9.84. The first-order chi connectivity index (χ1) is 13.5. The van der Waals surface area contributed by atoms with Crippen LogP contribution in [0, 0.1) is 11.3 Å². The Balaban J connectivity index is 2.39. The number of hydrogen-bond donors (Lipinski definition) is 1. The van der Waals surface area contributed by atoms with E-state index in [0.29, 0.717) is 10.6 Å². The summed E-state index contributed by atoms with van der Waals surface area (Å²) < 4.78 is 9.90. The van der Waals surface area contributed by atoms with Gasteiger partial charge >= 0.3 is 11.9 Å². The number of hydrogen-bond acceptors (Lipinski definition) is 8. The maximum atomic E-state index is 12.8. The van der Waals surface area contributed by atoms with Crippen LogP contribution in [0.15, 0.2) is 70.5 Å². The Morgan fingerprint density at radius 2 is 1.79 bits per heavy atom. The van der Waals surface area contributed by atoms with E-state index in [9.17, 15) is 14.9 Å². The van der Waals surface area contributed by atoms with E-state index in [1.54, 1.807) is 42.5 Å². The van der Waals surface area contributed by atoms with Gasteiger partial charge in [0, 0.05) is 10.6 Å². The minimum Gasteiger partial charge on any atom is -0.466 e. The molecule has 1 atom stereocenters. The Hall–Kier alpha value is -3.57. The van der Waals surface area contributed by atoms with Crippen molar-refractivity contribution >= 4 is 29.0 Å². The molecule has 0 bridgehead atoms. The summed E-state index contributed by atoms with van der Waals surface area (Å²) in [6, 6.07) is 14.4. The van der Waals surface area contributed by atoms with E-state index in [1.807, 2.05) is 5.38 Å². The molecule has 0 fully saturated rings. The Bertz CT molecular complexity index is 1000. The molecule has 2 N–H and O–H groups in total. The Morgan fingerprint density at radius 1 is 1.11 bits per heavy atom. The number of esters is 2. The number of anilines is 1. The number of allylic oxidation sites excluding steroid dienone is 1. The highest BCUT2D eigenvalue weighted by Gasteiger charge is 2.43. The molecule has 7 nitrogen and oxygen atoms in total. The Morgan fingerprint density at radius 3 is 2.32 bits per heavy atom. The number of nitriles is 1. The summed E-state index contributed by atoms with van der Waals surface area (Å²) >= 11 is 1.35. The minimum absolute atomic E-state index is 0.00593. The van der Waals surface area contributed by atoms with Crippen molar-refractivity contribution in [3.63, 3.8) is 0 Å². The number of benzene rings is 1. The standard InChI is InChI=1S/C20H17N3O4S/c1-26-19(24)16-15(14-9-6-10-28-14)13(11-21)18(22)23(17(16)20(25)27-2)12-7-4-3-5-8-12/h3-10,15H,22H2,1-2H3. The van der Waals surface area contributed by atoms with Crippen molar-refractivity contribution < 1.29 is 19.1 Å². The van der Waals surface area contributed by atoms with Crippen LogP contribution in [0.5, 0.6) is 0 Å². The fourth-order valence-corrected chi connectivity index (χ4v) is 3.96. The van der Waals surface area contributed by atoms with Crippen LogP contribution in [0.2, 0.25) is 0 Å². The van der Waals surface area contributed by atoms with Gasteiger partial charge in [-0.25, -0.2) is 9.59 Å². The predicted octanol–water partition coefficient (Wildman–Crippen LogP) is 2.65. The molecule has 3 rings (SSSR count). The second kappa shape index (κ2) is 7.98. The van der Waals surface area contributed by atoms with E-state index in [2.05, 4.69) is 6.07 Å². The molecule has 1 aliphatic heterocycles. The molecule has 1 aromatic heterocycles. The van der Waals surface area contributed by atoms with Gasteiger partial charge in [0.05, 0.1) is 37.4 Å². The summed E-state index contributed by atoms with van der Waals surface area (Å²) in [6.45, 7) is 0. The average Bonchev–Trinajstić information content (AvgIpc) is 3.26. The van der Waals surface area contributed by atoms with Gasteiger partial charge in [0.25, 0.3) is 0 Å². The van der Waals surface area contributed by atoms with Crippen molar-refractivity contribution in [2.45, 2.75) is 5.92 Å². The smallest absolute Gasteiger partial charge is 0.355 e. The van der Waals surface area contributed by atoms with Gasteiger partial charge in [0.15, 0.2) is 0 Å². The van der Waals surface area contributed by atoms with Crippen LogP contribution < -0.4 is 10.6 Å². The number of rotatable bonds is 4. The number of carbonyl (C=O) groups is 2. The molecule has 142 valence electrons. The van der Waals surface area contributed by atoms with Crippen LogP contribution in [0.1, 0.15) is 10.8 Å². The van der Waals surface area contributed by atoms with Crippen LogP contribution in [-0.4, -0.2) is 26.2 Å². The highest BCUT2D eigenvalue weighted by atomic mass is 32.1. The SMILES string of the molecule is COC(=O)C1=C(C(=O)OC)N(c2ccccc2)C(N)=C(C#N)C1c1cccs1. The Labute approximate surface area is 165 Å². The molecule has 2 heterocycles. The number of methoxy groups -OCH3 is 2. The molecule has 8 heteroatoms. The third-order valence-corrected chi connectivity index (χ3v) is 5.26. The highest BCUT2D eigenvalue weighted by Crippen LogP contribution is 2.44. The summed E-state index contributed by atoms with van der Waals surface area (Å²) in [5, 5.41) is 11.7. The summed E-state index contributed by atoms with van der Waals surface area (Å²) in [6.07, 6.45) is 0. The van der Waals surface area contributed by atoms with Crippen molar-refractivity contribution in [1.82, 2.24) is 0 Å². The molecule has 2 aromatic rings. The van der Waals surface area contributed by atoms with Gasteiger partial charge in [-0.15, -0.1) is 11.3 Å². The van der Waals surface area contributed by atoms with E-state index in [1.165, 1.54) is 30.5 Å². The fraction of sp³-hybridized carbons (Fsp3) is 0.150. The van der Waals surface area contributed by atoms with Crippen LogP contribution in [-0.2, 0) is 19.1 Å². The zero-order valence-electron chi connectivity index (χ0n) is 15.2. The first-order valence-corrected chi connectivity index (χ1v) is 9.12. The second-order valence-corrected chi connectivity index (χ2v) is 6.75. The zero-order chi connectivity index (χ0) is 20.3. The maximum absolute atomic E-state index is 12.8. The van der Waals surface area contributed by atoms with Gasteiger partial charge in [-0.2, -0.15) is 5.26 Å². The quantitative estimate of drug-likeness (QED) is 0.793. The number of ether oxygens (including phenoxy) is 2. The molecule has 0 saturated carbocycles. The second-order valence-electron chi connectivity index (χ2n) is 5.78. The third-order valence-electron chi connectivity index (χ3n) is 4.32. The van der Waals surface area contributed by atoms with Gasteiger partial charge in [0.2, 0.25) is 0 Å². The number of thiophene rings is 1. The lowest BCUT2D eigenvalue weighted by Gasteiger charge is -2.35.